The number of hydrogen-bond acceptors (Lipinski definition) is 24. The number of aliphatic hydroxyl groups is 2. The normalized spacial score (nSPS) is 16.7. The monoisotopic (exact) mass is 2110 g/mol. The summed E-state index contributed by atoms with van der Waals surface area (Å²) in [5.74, 6) is 9.53. The van der Waals surface area contributed by atoms with Crippen molar-refractivity contribution in [3.05, 3.63) is 231 Å². The van der Waals surface area contributed by atoms with Gasteiger partial charge in [0.25, 0.3) is 0 Å². The van der Waals surface area contributed by atoms with Gasteiger partial charge >= 0.3 is 18.3 Å². The quantitative estimate of drug-likeness (QED) is 0.0213. The predicted octanol–water partition coefficient (Wildman–Crippen LogP) is 26.9. The highest BCUT2D eigenvalue weighted by atomic mass is 19.4. The highest BCUT2D eigenvalue weighted by Crippen LogP contribution is 2.43. The van der Waals surface area contributed by atoms with Crippen LogP contribution in [0.3, 0.4) is 0 Å². The summed E-state index contributed by atoms with van der Waals surface area (Å²) in [5, 5.41) is 19.3. The van der Waals surface area contributed by atoms with Gasteiger partial charge in [-0.3, -0.25) is 4.79 Å². The minimum atomic E-state index is -4.40. The van der Waals surface area contributed by atoms with Gasteiger partial charge in [0.1, 0.15) is 62.5 Å². The fourth-order valence-corrected chi connectivity index (χ4v) is 16.0. The van der Waals surface area contributed by atoms with E-state index in [-0.39, 0.29) is 97.1 Å². The summed E-state index contributed by atoms with van der Waals surface area (Å²) < 4.78 is 190. The number of carbonyl (C=O) groups is 1. The molecule has 0 amide bonds. The summed E-state index contributed by atoms with van der Waals surface area (Å²) in [6.07, 6.45) is 5.64. The van der Waals surface area contributed by atoms with Gasteiger partial charge in [0.05, 0.1) is 135 Å². The standard InChI is InChI=1S/C16H24O3.C13H15F3O2.C13H17F3O2.2C13H18O3.C13H20O3.C13H18O3.C13H20O3.C13H18O2/c1-16(2,3)11-8-9-14(15(10-11)18-4)19-13-7-5-6-12(13)17;1-9-4-5-12(11(7-9)13(14,15)16)18-8-10-3-2-6-17-10;1-9(2)17-6-7-18-12-5-4-10(3)8-11(12)13(14,15)16;1-9-3-6-12(13(7-9)15-2)16-11-5-4-10(14)8-11;1-10-5-6-12(13(8-10)14-2)16-9-11-4-3-7-15-11;1-10-6-7-11(12(8-10)14-4)16-9-13(2,3)15-5;1-9-6-7-10(11(8-9)15-4)13(2,3)12(14)16-5;1-10(2)15-7-8-16-12-6-5-11(3)9-13(12)14-4;1-10-7-8-12(13(9-10)14-2)15-11-5-3-4-6-11/h8-10,12-13,17H,5-7H2,1-4H3;4-5,7,10H,2-3,6,8H2,1H3;4-5,8-9H,6-7H2,1-3H3;3,6-7,10-11,14H,4-5,8H2,1-2H3;5-6,8,11H,3-4,7,9H2,1-2H3;6-8H,9H2,1-5H3;6-8H,1-5H3;5-6,9-10H,7-8H2,1-4H3;7-9,11H,3-6H2,1-2H3. The summed E-state index contributed by atoms with van der Waals surface area (Å²) in [6.45, 7) is 41.5. The molecule has 30 heteroatoms. The Hall–Kier alpha value is -11.3. The van der Waals surface area contributed by atoms with Crippen LogP contribution in [0.15, 0.2) is 164 Å². The number of esters is 1. The molecule has 9 aromatic rings. The number of benzene rings is 9. The maximum absolute atomic E-state index is 12.8. The maximum atomic E-state index is 12.8. The van der Waals surface area contributed by atoms with Gasteiger partial charge in [-0.2, -0.15) is 26.3 Å². The van der Waals surface area contributed by atoms with Crippen LogP contribution in [-0.2, 0) is 56.4 Å². The van der Waals surface area contributed by atoms with E-state index in [2.05, 4.69) is 39.8 Å². The molecule has 3 aliphatic carbocycles. The molecule has 24 nitrogen and oxygen atoms in total. The van der Waals surface area contributed by atoms with E-state index in [1.807, 2.05) is 205 Å². The first-order valence-corrected chi connectivity index (χ1v) is 51.5. The number of alkyl halides is 6. The van der Waals surface area contributed by atoms with Crippen LogP contribution in [0.4, 0.5) is 26.3 Å². The first-order chi connectivity index (χ1) is 71.0. The summed E-state index contributed by atoms with van der Waals surface area (Å²) in [4.78, 5) is 11.7. The molecule has 0 radical (unpaired) electrons. The third kappa shape index (κ3) is 45.0. The molecule has 0 aromatic heterocycles. The topological polar surface area (TPSA) is 251 Å². The Morgan fingerprint density at radius 2 is 0.700 bits per heavy atom. The minimum Gasteiger partial charge on any atom is -0.496 e. The molecule has 0 bridgehead atoms. The van der Waals surface area contributed by atoms with Crippen LogP contribution >= 0.6 is 0 Å². The van der Waals surface area contributed by atoms with Crippen LogP contribution in [0.2, 0.25) is 0 Å². The van der Waals surface area contributed by atoms with Crippen LogP contribution in [-0.4, -0.2) is 200 Å². The molecule has 6 atom stereocenters. The SMILES string of the molecule is COC(=O)C(C)(C)c1ccc(C)cc1OC.COc1cc(C(C)(C)C)ccc1OC1CCCC1O.COc1cc(C)ccc1OC1CCC(O)C1.COc1cc(C)ccc1OC1CCCC1.COc1cc(C)ccc1OCC(C)(C)OC.COc1cc(C)ccc1OCC1CCCO1.COc1cc(C)ccc1OCCOC(C)C.Cc1ccc(OCC2CCCO2)c(C(F)(F)F)c1.Cc1ccc(OCCOC(C)C)c(C(F)(F)F)c1. The third-order valence-corrected chi connectivity index (χ3v) is 24.8. The Morgan fingerprint density at radius 1 is 0.347 bits per heavy atom. The van der Waals surface area contributed by atoms with Crippen molar-refractivity contribution < 1.29 is 141 Å². The second kappa shape index (κ2) is 63.9. The average molecular weight is 2110 g/mol. The van der Waals surface area contributed by atoms with E-state index < -0.39 is 28.9 Å². The molecule has 2 heterocycles. The van der Waals surface area contributed by atoms with Crippen molar-refractivity contribution in [1.82, 2.24) is 0 Å². The zero-order valence-electron chi connectivity index (χ0n) is 93.7. The molecule has 3 saturated carbocycles. The van der Waals surface area contributed by atoms with E-state index in [0.717, 1.165) is 186 Å². The number of aliphatic hydroxyl groups excluding tert-OH is 2. The van der Waals surface area contributed by atoms with Crippen LogP contribution in [0.5, 0.6) is 86.2 Å². The molecule has 6 unspecified atom stereocenters. The van der Waals surface area contributed by atoms with Crippen molar-refractivity contribution in [1.29, 1.82) is 0 Å². The molecule has 0 spiro atoms. The highest BCUT2D eigenvalue weighted by molar-refractivity contribution is 5.83. The maximum Gasteiger partial charge on any atom is 0.419 e. The van der Waals surface area contributed by atoms with Crippen molar-refractivity contribution in [3.8, 4) is 86.2 Å². The van der Waals surface area contributed by atoms with Gasteiger partial charge in [-0.15, -0.1) is 0 Å². The fourth-order valence-electron chi connectivity index (χ4n) is 16.0. The number of carbonyl (C=O) groups excluding carboxylic acids is 1. The Morgan fingerprint density at radius 3 is 1.07 bits per heavy atom. The van der Waals surface area contributed by atoms with Crippen molar-refractivity contribution in [2.24, 2.45) is 0 Å². The molecular formula is C120H168F6O24. The molecule has 9 aromatic carbocycles. The Bertz CT molecular complexity index is 5420. The number of hydrogen-bond donors (Lipinski definition) is 2. The lowest BCUT2D eigenvalue weighted by molar-refractivity contribution is -0.146. The molecular weight excluding hydrogens is 1940 g/mol. The van der Waals surface area contributed by atoms with Crippen LogP contribution in [0, 0.1) is 55.4 Å². The number of halogens is 6. The summed E-state index contributed by atoms with van der Waals surface area (Å²) in [5.41, 5.74) is 7.70. The number of ether oxygens (including phenoxy) is 21. The predicted molar refractivity (Wildman–Crippen MR) is 576 cm³/mol. The lowest BCUT2D eigenvalue weighted by Gasteiger charge is -2.24. The van der Waals surface area contributed by atoms with Gasteiger partial charge < -0.3 is 110 Å². The largest absolute Gasteiger partial charge is 0.496 e. The molecule has 14 rings (SSSR count). The molecule has 2 saturated heterocycles. The number of rotatable bonds is 35. The van der Waals surface area contributed by atoms with E-state index in [1.54, 1.807) is 82.9 Å². The molecule has 2 N–H and O–H groups in total. The summed E-state index contributed by atoms with van der Waals surface area (Å²) >= 11 is 0. The van der Waals surface area contributed by atoms with Crippen molar-refractivity contribution >= 4 is 5.97 Å². The third-order valence-electron chi connectivity index (χ3n) is 24.8. The van der Waals surface area contributed by atoms with Crippen molar-refractivity contribution in [2.45, 2.75) is 305 Å². The second-order valence-corrected chi connectivity index (χ2v) is 40.3. The van der Waals surface area contributed by atoms with E-state index in [4.69, 9.17) is 99.5 Å². The molecule has 5 fully saturated rings. The Balaban J connectivity index is 0.000000258. The minimum absolute atomic E-state index is 0.0358. The second-order valence-electron chi connectivity index (χ2n) is 40.3. The van der Waals surface area contributed by atoms with E-state index in [0.29, 0.717) is 50.3 Å². The Kier molecular flexibility index (Phi) is 54.3. The van der Waals surface area contributed by atoms with Gasteiger partial charge in [-0.25, -0.2) is 0 Å². The first kappa shape index (κ1) is 127. The summed E-state index contributed by atoms with van der Waals surface area (Å²) in [7, 11) is 14.6. The highest BCUT2D eigenvalue weighted by Gasteiger charge is 2.38. The van der Waals surface area contributed by atoms with E-state index in [9.17, 15) is 41.4 Å². The van der Waals surface area contributed by atoms with E-state index in [1.165, 1.54) is 61.6 Å². The van der Waals surface area contributed by atoms with Crippen LogP contribution < -0.4 is 71.1 Å². The van der Waals surface area contributed by atoms with Gasteiger partial charge in [0, 0.05) is 32.3 Å². The van der Waals surface area contributed by atoms with Gasteiger partial charge in [0.15, 0.2) is 69.0 Å². The van der Waals surface area contributed by atoms with Crippen molar-refractivity contribution in [3.63, 3.8) is 0 Å². The number of methoxy groups -OCH3 is 9. The number of aryl methyl sites for hydroxylation is 8. The lowest BCUT2D eigenvalue weighted by Crippen LogP contribution is -2.30. The van der Waals surface area contributed by atoms with Gasteiger partial charge in [0.2, 0.25) is 0 Å². The Labute approximate surface area is 887 Å². The smallest absolute Gasteiger partial charge is 0.419 e. The molecule has 834 valence electrons. The van der Waals surface area contributed by atoms with Gasteiger partial charge in [-0.1, -0.05) is 92.6 Å². The average Bonchev–Trinajstić information content (AvgIpc) is 1.16. The lowest BCUT2D eigenvalue weighted by atomic mass is 9.83. The fraction of sp³-hybridized carbons (Fsp3) is 0.542. The van der Waals surface area contributed by atoms with Crippen molar-refractivity contribution in [2.75, 3.05) is 123 Å². The molecule has 5 aliphatic rings. The molecule has 2 aliphatic heterocycles. The summed E-state index contributed by atoms with van der Waals surface area (Å²) in [6, 6.07) is 49.6. The first-order valence-electron chi connectivity index (χ1n) is 51.5. The molecule has 150 heavy (non-hydrogen) atoms. The van der Waals surface area contributed by atoms with E-state index >= 15 is 0 Å². The zero-order valence-corrected chi connectivity index (χ0v) is 93.7. The zero-order chi connectivity index (χ0) is 111. The van der Waals surface area contributed by atoms with Crippen LogP contribution in [0.1, 0.15) is 233 Å². The van der Waals surface area contributed by atoms with Gasteiger partial charge in [-0.05, 0) is 342 Å². The van der Waals surface area contributed by atoms with Crippen LogP contribution in [0.25, 0.3) is 0 Å².